The lowest BCUT2D eigenvalue weighted by molar-refractivity contribution is -0.143. The molecule has 1 aromatic heterocycles. The Morgan fingerprint density at radius 1 is 0.677 bits per heavy atom. The van der Waals surface area contributed by atoms with E-state index in [2.05, 4.69) is 86.1 Å². The first-order valence-electron chi connectivity index (χ1n) is 20.6. The molecule has 0 spiro atoms. The van der Waals surface area contributed by atoms with Crippen LogP contribution in [0, 0.1) is 18.8 Å². The van der Waals surface area contributed by atoms with Gasteiger partial charge in [0.2, 0.25) is 5.91 Å². The second-order valence-corrected chi connectivity index (χ2v) is 21.5. The van der Waals surface area contributed by atoms with Crippen LogP contribution in [0.3, 0.4) is 0 Å². The van der Waals surface area contributed by atoms with Crippen LogP contribution in [-0.2, 0) is 27.0 Å². The van der Waals surface area contributed by atoms with E-state index in [0.717, 1.165) is 30.4 Å². The van der Waals surface area contributed by atoms with Crippen LogP contribution in [0.25, 0.3) is 11.1 Å². The first-order chi connectivity index (χ1) is 29.1. The van der Waals surface area contributed by atoms with Crippen molar-refractivity contribution in [3.63, 3.8) is 0 Å². The minimum absolute atomic E-state index is 0.0576. The molecule has 0 atom stereocenters. The van der Waals surface area contributed by atoms with E-state index in [-0.39, 0.29) is 11.1 Å². The molecule has 1 heterocycles. The zero-order valence-corrected chi connectivity index (χ0v) is 37.6. The van der Waals surface area contributed by atoms with Crippen LogP contribution in [-0.4, -0.2) is 46.5 Å². The highest BCUT2D eigenvalue weighted by Gasteiger charge is 2.50. The Morgan fingerprint density at radius 2 is 1.21 bits per heavy atom. The Kier molecular flexibility index (Phi) is 14.9. The van der Waals surface area contributed by atoms with Gasteiger partial charge in [-0.25, -0.2) is 4.98 Å². The van der Waals surface area contributed by atoms with Crippen molar-refractivity contribution in [2.45, 2.75) is 90.0 Å². The Hall–Kier alpha value is -5.38. The molecule has 0 saturated heterocycles. The topological polar surface area (TPSA) is 45.7 Å². The Balaban J connectivity index is 1.27. The molecule has 0 N–H and O–H groups in total. The van der Waals surface area contributed by atoms with Crippen LogP contribution in [0.5, 0.6) is 0 Å². The maximum atomic E-state index is 14.2. The summed E-state index contributed by atoms with van der Waals surface area (Å²) in [6.45, 7) is 12.4. The summed E-state index contributed by atoms with van der Waals surface area (Å²) in [4.78, 5) is 21.9. The average Bonchev–Trinajstić information content (AvgIpc) is 3.23. The summed E-state index contributed by atoms with van der Waals surface area (Å²) < 4.78 is 89.6. The second kappa shape index (κ2) is 19.3. The number of carbonyl (C=O) groups excluding carboxylic acids is 1. The standard InChI is InChI=1S/C50H55F6N3O2Si/c1-36-23-19-20-28-42(36)43-34-45(57-35-44(43)59(8)46(60)48(5,6)37-31-38(49(51,52)53)33-39(32-37)50(54,55)56)58(7)29-21-11-9-10-12-22-30-61-62(47(2,3)4,40-24-15-13-16-25-40)41-26-17-14-18-27-41/h13-20,23-28,31-35H,9-10,12,22,29-30H2,1-8H3. The fourth-order valence-electron chi connectivity index (χ4n) is 7.79. The Bertz CT molecular complexity index is 2290. The van der Waals surface area contributed by atoms with Gasteiger partial charge < -0.3 is 14.2 Å². The van der Waals surface area contributed by atoms with Gasteiger partial charge in [0.15, 0.2) is 0 Å². The number of alkyl halides is 6. The summed E-state index contributed by atoms with van der Waals surface area (Å²) in [5.41, 5.74) is -2.57. The molecule has 5 rings (SSSR count). The molecule has 0 unspecified atom stereocenters. The number of likely N-dealkylation sites (N-methyl/N-ethyl adjacent to an activating group) is 1. The maximum Gasteiger partial charge on any atom is 0.416 e. The smallest absolute Gasteiger partial charge is 0.407 e. The van der Waals surface area contributed by atoms with Crippen LogP contribution >= 0.6 is 0 Å². The predicted molar refractivity (Wildman–Crippen MR) is 240 cm³/mol. The maximum absolute atomic E-state index is 14.2. The highest BCUT2D eigenvalue weighted by atomic mass is 28.4. The van der Waals surface area contributed by atoms with E-state index in [0.29, 0.717) is 48.8 Å². The number of unbranched alkanes of at least 4 members (excludes halogenated alkanes) is 3. The van der Waals surface area contributed by atoms with Crippen LogP contribution in [0.2, 0.25) is 5.04 Å². The molecule has 0 bridgehead atoms. The molecule has 12 heteroatoms. The Morgan fingerprint density at radius 3 is 1.74 bits per heavy atom. The fourth-order valence-corrected chi connectivity index (χ4v) is 12.4. The molecule has 0 aliphatic carbocycles. The molecule has 5 aromatic rings. The van der Waals surface area contributed by atoms with Crippen molar-refractivity contribution in [1.82, 2.24) is 4.98 Å². The van der Waals surface area contributed by atoms with E-state index < -0.39 is 48.7 Å². The molecule has 1 amide bonds. The number of aryl methyl sites for hydroxylation is 1. The monoisotopic (exact) mass is 871 g/mol. The number of nitrogens with zero attached hydrogens (tertiary/aromatic N) is 3. The lowest BCUT2D eigenvalue weighted by Crippen LogP contribution is -2.66. The summed E-state index contributed by atoms with van der Waals surface area (Å²) in [7, 11) is 0.708. The highest BCUT2D eigenvalue weighted by molar-refractivity contribution is 6.99. The van der Waals surface area contributed by atoms with Crippen LogP contribution in [0.15, 0.2) is 115 Å². The summed E-state index contributed by atoms with van der Waals surface area (Å²) in [5.74, 6) is 6.37. The SMILES string of the molecule is Cc1ccccc1-c1cc(N(C)CC#CCCCCCO[Si](c2ccccc2)(c2ccccc2)C(C)(C)C)ncc1N(C)C(=O)C(C)(C)c1cc(C(F)(F)F)cc(C(F)(F)F)c1. The van der Waals surface area contributed by atoms with Crippen molar-refractivity contribution in [2.24, 2.45) is 0 Å². The van der Waals surface area contributed by atoms with E-state index in [1.165, 1.54) is 42.4 Å². The van der Waals surface area contributed by atoms with Crippen molar-refractivity contribution in [2.75, 3.05) is 37.0 Å². The number of halogens is 6. The Labute approximate surface area is 363 Å². The number of amides is 1. The van der Waals surface area contributed by atoms with Crippen molar-refractivity contribution in [3.05, 3.63) is 138 Å². The van der Waals surface area contributed by atoms with Gasteiger partial charge >= 0.3 is 12.4 Å². The third kappa shape index (κ3) is 10.8. The van der Waals surface area contributed by atoms with Crippen LogP contribution in [0.4, 0.5) is 37.8 Å². The zero-order valence-electron chi connectivity index (χ0n) is 36.6. The summed E-state index contributed by atoms with van der Waals surface area (Å²) in [6.07, 6.45) is -5.11. The van der Waals surface area contributed by atoms with Crippen molar-refractivity contribution in [1.29, 1.82) is 0 Å². The number of carbonyl (C=O) groups is 1. The largest absolute Gasteiger partial charge is 0.416 e. The molecule has 0 fully saturated rings. The quantitative estimate of drug-likeness (QED) is 0.0483. The normalized spacial score (nSPS) is 12.4. The van der Waals surface area contributed by atoms with Gasteiger partial charge in [-0.1, -0.05) is 118 Å². The number of pyridine rings is 1. The zero-order chi connectivity index (χ0) is 45.5. The van der Waals surface area contributed by atoms with Crippen molar-refractivity contribution >= 4 is 36.1 Å². The lowest BCUT2D eigenvalue weighted by atomic mass is 9.81. The molecular formula is C50H55F6N3O2Si. The number of anilines is 2. The number of hydrogen-bond acceptors (Lipinski definition) is 4. The molecular weight excluding hydrogens is 817 g/mol. The number of aromatic nitrogens is 1. The predicted octanol–water partition coefficient (Wildman–Crippen LogP) is 11.6. The molecule has 0 aliphatic rings. The fraction of sp³-hybridized carbons (Fsp3) is 0.360. The molecule has 5 nitrogen and oxygen atoms in total. The van der Waals surface area contributed by atoms with Gasteiger partial charge in [0.05, 0.1) is 35.0 Å². The summed E-state index contributed by atoms with van der Waals surface area (Å²) in [5, 5.41) is 2.43. The lowest BCUT2D eigenvalue weighted by Gasteiger charge is -2.43. The van der Waals surface area contributed by atoms with Gasteiger partial charge in [-0.15, -0.1) is 5.92 Å². The van der Waals surface area contributed by atoms with Gasteiger partial charge in [0.1, 0.15) is 5.82 Å². The van der Waals surface area contributed by atoms with E-state index in [1.807, 2.05) is 61.3 Å². The van der Waals surface area contributed by atoms with Crippen molar-refractivity contribution in [3.8, 4) is 23.0 Å². The second-order valence-electron chi connectivity index (χ2n) is 17.2. The molecule has 328 valence electrons. The van der Waals surface area contributed by atoms with Gasteiger partial charge in [-0.2, -0.15) is 26.3 Å². The van der Waals surface area contributed by atoms with Gasteiger partial charge in [0.25, 0.3) is 8.32 Å². The van der Waals surface area contributed by atoms with E-state index in [4.69, 9.17) is 4.43 Å². The molecule has 4 aromatic carbocycles. The third-order valence-electron chi connectivity index (χ3n) is 11.3. The molecule has 62 heavy (non-hydrogen) atoms. The van der Waals surface area contributed by atoms with Gasteiger partial charge in [0, 0.05) is 32.7 Å². The number of benzene rings is 4. The van der Waals surface area contributed by atoms with Crippen molar-refractivity contribution < 1.29 is 35.6 Å². The summed E-state index contributed by atoms with van der Waals surface area (Å²) in [6, 6.07) is 31.8. The molecule has 0 aliphatic heterocycles. The van der Waals surface area contributed by atoms with E-state index >= 15 is 0 Å². The van der Waals surface area contributed by atoms with Crippen LogP contribution in [0.1, 0.15) is 82.6 Å². The van der Waals surface area contributed by atoms with Crippen LogP contribution < -0.4 is 20.2 Å². The van der Waals surface area contributed by atoms with E-state index in [1.54, 1.807) is 0 Å². The summed E-state index contributed by atoms with van der Waals surface area (Å²) >= 11 is 0. The van der Waals surface area contributed by atoms with Gasteiger partial charge in [-0.05, 0) is 90.0 Å². The minimum Gasteiger partial charge on any atom is -0.407 e. The van der Waals surface area contributed by atoms with Gasteiger partial charge in [-0.3, -0.25) is 4.79 Å². The minimum atomic E-state index is -5.06. The van der Waals surface area contributed by atoms with E-state index in [9.17, 15) is 31.1 Å². The average molecular weight is 872 g/mol. The molecule has 0 radical (unpaired) electrons. The third-order valence-corrected chi connectivity index (χ3v) is 16.4. The number of rotatable bonds is 14. The number of hydrogen-bond donors (Lipinski definition) is 0. The first-order valence-corrected chi connectivity index (χ1v) is 22.6. The first kappa shape index (κ1) is 47.7. The molecule has 0 saturated carbocycles. The highest BCUT2D eigenvalue weighted by Crippen LogP contribution is 2.42.